The molecule has 2 aromatic rings. The average Bonchev–Trinajstić information content (AvgIpc) is 3.46. The molecule has 0 unspecified atom stereocenters. The Kier molecular flexibility index (Phi) is 5.78. The van der Waals surface area contributed by atoms with Gasteiger partial charge in [-0.05, 0) is 55.2 Å². The second-order valence-electron chi connectivity index (χ2n) is 8.02. The van der Waals surface area contributed by atoms with Crippen LogP contribution in [-0.4, -0.2) is 52.9 Å². The molecule has 2 heterocycles. The summed E-state index contributed by atoms with van der Waals surface area (Å²) in [6.07, 6.45) is 6.00. The fraction of sp³-hybridized carbons (Fsp3) is 0.375. The minimum atomic E-state index is -0.281. The molecule has 1 atom stereocenters. The van der Waals surface area contributed by atoms with Gasteiger partial charge in [-0.2, -0.15) is 4.98 Å². The fourth-order valence-electron chi connectivity index (χ4n) is 4.55. The van der Waals surface area contributed by atoms with E-state index >= 15 is 0 Å². The monoisotopic (exact) mass is 421 g/mol. The summed E-state index contributed by atoms with van der Waals surface area (Å²) in [5.41, 5.74) is 3.44. The second-order valence-corrected chi connectivity index (χ2v) is 8.02. The number of carbonyl (C=O) groups is 1. The zero-order valence-corrected chi connectivity index (χ0v) is 17.9. The van der Waals surface area contributed by atoms with Gasteiger partial charge >= 0.3 is 0 Å². The van der Waals surface area contributed by atoms with E-state index in [0.717, 1.165) is 40.9 Å². The summed E-state index contributed by atoms with van der Waals surface area (Å²) in [6, 6.07) is 7.45. The maximum atomic E-state index is 12.4. The van der Waals surface area contributed by atoms with E-state index in [0.29, 0.717) is 31.2 Å². The number of rotatable bonds is 6. The van der Waals surface area contributed by atoms with Crippen LogP contribution in [0.15, 0.2) is 58.7 Å². The van der Waals surface area contributed by atoms with Crippen LogP contribution in [0.2, 0.25) is 0 Å². The molecule has 2 fully saturated rings. The van der Waals surface area contributed by atoms with Crippen LogP contribution in [-0.2, 0) is 4.79 Å². The third kappa shape index (κ3) is 3.81. The number of methoxy groups -OCH3 is 1. The van der Waals surface area contributed by atoms with Gasteiger partial charge in [0, 0.05) is 36.1 Å². The molecule has 1 saturated heterocycles. The number of amides is 1. The van der Waals surface area contributed by atoms with E-state index in [9.17, 15) is 9.90 Å². The number of β-amino-alcohol motifs (C(OH)–C–C–N with tert-alkyl or cyclic N) is 1. The van der Waals surface area contributed by atoms with Gasteiger partial charge in [-0.3, -0.25) is 4.79 Å². The number of allylic oxidation sites excluding steroid dienone is 4. The molecule has 7 heteroatoms. The van der Waals surface area contributed by atoms with E-state index < -0.39 is 0 Å². The van der Waals surface area contributed by atoms with Crippen molar-refractivity contribution in [1.29, 1.82) is 0 Å². The Balaban J connectivity index is 1.66. The zero-order chi connectivity index (χ0) is 22.0. The van der Waals surface area contributed by atoms with Gasteiger partial charge in [0.05, 0.1) is 13.7 Å². The number of hydrogen-bond acceptors (Lipinski definition) is 6. The van der Waals surface area contributed by atoms with Crippen LogP contribution < -0.4 is 4.74 Å². The van der Waals surface area contributed by atoms with Gasteiger partial charge in [-0.1, -0.05) is 23.9 Å². The van der Waals surface area contributed by atoms with Crippen molar-refractivity contribution in [3.8, 4) is 17.2 Å². The molecule has 4 rings (SSSR count). The number of ether oxygens (including phenoxy) is 1. The lowest BCUT2D eigenvalue weighted by atomic mass is 9.81. The zero-order valence-electron chi connectivity index (χ0n) is 17.9. The molecule has 1 aliphatic carbocycles. The first-order valence-corrected chi connectivity index (χ1v) is 10.4. The standard InChI is InChI=1S/C24H27N3O4/c1-4-5-20(22-25-23(31-26-22)17-6-8-18(30-3)9-7-17)19-10-11-24(16(19)2)14-21(29)27(15-24)12-13-28/h4-9,28H,2,10-15H2,1,3H3/b5-4-,20-19+/t24-/m0/s1. The number of benzene rings is 1. The summed E-state index contributed by atoms with van der Waals surface area (Å²) in [6.45, 7) is 7.26. The van der Waals surface area contributed by atoms with Gasteiger partial charge in [0.2, 0.25) is 11.7 Å². The van der Waals surface area contributed by atoms with Crippen molar-refractivity contribution in [2.45, 2.75) is 26.2 Å². The summed E-state index contributed by atoms with van der Waals surface area (Å²) in [7, 11) is 1.62. The molecule has 1 amide bonds. The number of aromatic nitrogens is 2. The predicted molar refractivity (Wildman–Crippen MR) is 117 cm³/mol. The van der Waals surface area contributed by atoms with Crippen LogP contribution in [0.25, 0.3) is 17.0 Å². The van der Waals surface area contributed by atoms with E-state index in [2.05, 4.69) is 16.7 Å². The summed E-state index contributed by atoms with van der Waals surface area (Å²) < 4.78 is 10.7. The Morgan fingerprint density at radius 2 is 2.16 bits per heavy atom. The van der Waals surface area contributed by atoms with E-state index in [1.807, 2.05) is 43.3 Å². The first kappa shape index (κ1) is 21.1. The minimum Gasteiger partial charge on any atom is -0.497 e. The highest BCUT2D eigenvalue weighted by Crippen LogP contribution is 2.53. The van der Waals surface area contributed by atoms with Crippen LogP contribution in [0.3, 0.4) is 0 Å². The topological polar surface area (TPSA) is 88.7 Å². The van der Waals surface area contributed by atoms with Gasteiger partial charge in [0.15, 0.2) is 0 Å². The van der Waals surface area contributed by atoms with Crippen molar-refractivity contribution >= 4 is 11.5 Å². The third-order valence-corrected chi connectivity index (χ3v) is 6.23. The summed E-state index contributed by atoms with van der Waals surface area (Å²) in [4.78, 5) is 18.8. The van der Waals surface area contributed by atoms with E-state index in [-0.39, 0.29) is 17.9 Å². The predicted octanol–water partition coefficient (Wildman–Crippen LogP) is 3.64. The molecular formula is C24H27N3O4. The van der Waals surface area contributed by atoms with Gasteiger partial charge in [0.1, 0.15) is 5.75 Å². The SMILES string of the molecule is C=C1/C(=C(\C=C/C)c2noc(-c3ccc(OC)cc3)n2)CC[C@@]12CC(=O)N(CCO)C2. The molecular weight excluding hydrogens is 394 g/mol. The number of nitrogens with zero attached hydrogens (tertiary/aromatic N) is 3. The Hall–Kier alpha value is -3.19. The molecule has 2 aliphatic rings. The molecule has 1 aromatic heterocycles. The number of likely N-dealkylation sites (tertiary alicyclic amines) is 1. The van der Waals surface area contributed by atoms with E-state index in [1.54, 1.807) is 12.0 Å². The van der Waals surface area contributed by atoms with Crippen LogP contribution >= 0.6 is 0 Å². The minimum absolute atomic E-state index is 0.0299. The molecule has 0 radical (unpaired) electrons. The fourth-order valence-corrected chi connectivity index (χ4v) is 4.55. The van der Waals surface area contributed by atoms with Crippen LogP contribution in [0.4, 0.5) is 0 Å². The smallest absolute Gasteiger partial charge is 0.258 e. The molecule has 0 bridgehead atoms. The Morgan fingerprint density at radius 3 is 2.84 bits per heavy atom. The first-order valence-electron chi connectivity index (χ1n) is 10.4. The maximum absolute atomic E-state index is 12.4. The number of hydrogen-bond donors (Lipinski definition) is 1. The van der Waals surface area contributed by atoms with Gasteiger partial charge in [-0.25, -0.2) is 0 Å². The molecule has 31 heavy (non-hydrogen) atoms. The van der Waals surface area contributed by atoms with Crippen molar-refractivity contribution in [3.63, 3.8) is 0 Å². The highest BCUT2D eigenvalue weighted by Gasteiger charge is 2.49. The van der Waals surface area contributed by atoms with E-state index in [1.165, 1.54) is 0 Å². The molecule has 1 aliphatic heterocycles. The molecule has 1 spiro atoms. The normalized spacial score (nSPS) is 22.9. The van der Waals surface area contributed by atoms with E-state index in [4.69, 9.17) is 9.26 Å². The molecule has 1 aromatic carbocycles. The quantitative estimate of drug-likeness (QED) is 0.766. The van der Waals surface area contributed by atoms with Crippen molar-refractivity contribution < 1.29 is 19.2 Å². The average molecular weight is 421 g/mol. The van der Waals surface area contributed by atoms with Crippen molar-refractivity contribution in [1.82, 2.24) is 15.0 Å². The van der Waals surface area contributed by atoms with Crippen LogP contribution in [0, 0.1) is 5.41 Å². The Labute approximate surface area is 181 Å². The molecule has 1 N–H and O–H groups in total. The summed E-state index contributed by atoms with van der Waals surface area (Å²) in [5.74, 6) is 1.77. The highest BCUT2D eigenvalue weighted by atomic mass is 16.5. The lowest BCUT2D eigenvalue weighted by Crippen LogP contribution is -2.30. The number of aliphatic hydroxyl groups excluding tert-OH is 1. The Bertz CT molecular complexity index is 1050. The van der Waals surface area contributed by atoms with Gasteiger partial charge in [0.25, 0.3) is 5.89 Å². The number of carbonyl (C=O) groups excluding carboxylic acids is 1. The summed E-state index contributed by atoms with van der Waals surface area (Å²) >= 11 is 0. The molecule has 162 valence electrons. The van der Waals surface area contributed by atoms with Crippen molar-refractivity contribution in [2.24, 2.45) is 5.41 Å². The van der Waals surface area contributed by atoms with Crippen LogP contribution in [0.5, 0.6) is 5.75 Å². The van der Waals surface area contributed by atoms with Gasteiger partial charge in [-0.15, -0.1) is 0 Å². The molecule has 1 saturated carbocycles. The van der Waals surface area contributed by atoms with Gasteiger partial charge < -0.3 is 19.3 Å². The Morgan fingerprint density at radius 1 is 1.39 bits per heavy atom. The van der Waals surface area contributed by atoms with Crippen molar-refractivity contribution in [2.75, 3.05) is 26.8 Å². The van der Waals surface area contributed by atoms with Crippen LogP contribution in [0.1, 0.15) is 32.0 Å². The summed E-state index contributed by atoms with van der Waals surface area (Å²) in [5, 5.41) is 13.5. The lowest BCUT2D eigenvalue weighted by Gasteiger charge is -2.24. The van der Waals surface area contributed by atoms with Crippen molar-refractivity contribution in [3.05, 3.63) is 60.0 Å². The largest absolute Gasteiger partial charge is 0.497 e. The first-order chi connectivity index (χ1) is 15.0. The number of aliphatic hydroxyl groups is 1. The highest BCUT2D eigenvalue weighted by molar-refractivity contribution is 5.83. The maximum Gasteiger partial charge on any atom is 0.258 e. The molecule has 7 nitrogen and oxygen atoms in total. The second kappa shape index (κ2) is 8.51. The third-order valence-electron chi connectivity index (χ3n) is 6.23. The lowest BCUT2D eigenvalue weighted by molar-refractivity contribution is -0.128.